The lowest BCUT2D eigenvalue weighted by atomic mass is 10.5. The van der Waals surface area contributed by atoms with Crippen molar-refractivity contribution in [2.24, 2.45) is 0 Å². The fraction of sp³-hybridized carbons (Fsp3) is 1.00. The van der Waals surface area contributed by atoms with Crippen LogP contribution < -0.4 is 0 Å². The number of rotatable bonds is 3. The summed E-state index contributed by atoms with van der Waals surface area (Å²) < 4.78 is 14.4. The summed E-state index contributed by atoms with van der Waals surface area (Å²) >= 11 is 4.19. The molecule has 7 heavy (non-hydrogen) atoms. The zero-order chi connectivity index (χ0) is 5.70. The van der Waals surface area contributed by atoms with Gasteiger partial charge in [-0.3, -0.25) is 0 Å². The van der Waals surface area contributed by atoms with Gasteiger partial charge in [-0.2, -0.15) is 0 Å². The molecule has 0 rings (SSSR count). The minimum absolute atomic E-state index is 0.496. The SMILES string of the molecule is CCCO[S-](=O)=S. The van der Waals surface area contributed by atoms with Crippen molar-refractivity contribution in [3.05, 3.63) is 0 Å². The molecule has 0 atom stereocenters. The third-order valence-corrected chi connectivity index (χ3v) is 1.03. The minimum atomic E-state index is -1.48. The normalized spacial score (nSPS) is 10.0. The van der Waals surface area contributed by atoms with Crippen LogP contribution >= 0.6 is 0 Å². The molecular formula is C3H7O2S2-. The molecule has 0 unspecified atom stereocenters. The third kappa shape index (κ3) is 6.33. The van der Waals surface area contributed by atoms with E-state index in [9.17, 15) is 4.21 Å². The van der Waals surface area contributed by atoms with E-state index in [1.165, 1.54) is 0 Å². The Morgan fingerprint density at radius 2 is 2.43 bits per heavy atom. The molecule has 0 fully saturated rings. The first-order valence-corrected chi connectivity index (χ1v) is 4.00. The Morgan fingerprint density at radius 3 is 2.57 bits per heavy atom. The zero-order valence-electron chi connectivity index (χ0n) is 4.05. The van der Waals surface area contributed by atoms with Crippen molar-refractivity contribution >= 4 is 20.8 Å². The molecule has 0 aliphatic carbocycles. The second-order valence-electron chi connectivity index (χ2n) is 1.03. The van der Waals surface area contributed by atoms with E-state index in [1.807, 2.05) is 6.92 Å². The van der Waals surface area contributed by atoms with E-state index in [2.05, 4.69) is 15.4 Å². The molecule has 2 nitrogen and oxygen atoms in total. The van der Waals surface area contributed by atoms with Gasteiger partial charge in [-0.1, -0.05) is 16.6 Å². The van der Waals surface area contributed by atoms with E-state index >= 15 is 0 Å². The van der Waals surface area contributed by atoms with E-state index < -0.39 is 9.64 Å². The van der Waals surface area contributed by atoms with Crippen LogP contribution in [0.15, 0.2) is 0 Å². The summed E-state index contributed by atoms with van der Waals surface area (Å²) in [5, 5.41) is 0. The molecule has 0 amide bonds. The molecule has 0 radical (unpaired) electrons. The molecule has 0 heterocycles. The van der Waals surface area contributed by atoms with Crippen molar-refractivity contribution in [2.75, 3.05) is 6.61 Å². The van der Waals surface area contributed by atoms with E-state index in [1.54, 1.807) is 0 Å². The largest absolute Gasteiger partial charge is 0.444 e. The molecule has 0 aromatic carbocycles. The maximum absolute atomic E-state index is 9.91. The van der Waals surface area contributed by atoms with Crippen LogP contribution in [0.5, 0.6) is 0 Å². The zero-order valence-corrected chi connectivity index (χ0v) is 5.68. The van der Waals surface area contributed by atoms with Crippen LogP contribution in [0.3, 0.4) is 0 Å². The van der Waals surface area contributed by atoms with Gasteiger partial charge in [0.2, 0.25) is 0 Å². The highest BCUT2D eigenvalue weighted by Crippen LogP contribution is 1.77. The Kier molecular flexibility index (Phi) is 4.70. The Bertz CT molecular complexity index is 89.1. The lowest BCUT2D eigenvalue weighted by molar-refractivity contribution is 0.350. The van der Waals surface area contributed by atoms with E-state index in [4.69, 9.17) is 0 Å². The molecule has 0 aliphatic rings. The van der Waals surface area contributed by atoms with Gasteiger partial charge < -0.3 is 8.39 Å². The topological polar surface area (TPSA) is 26.3 Å². The first kappa shape index (κ1) is 7.33. The monoisotopic (exact) mass is 139 g/mol. The van der Waals surface area contributed by atoms with Crippen LogP contribution in [0, 0.1) is 0 Å². The molecule has 0 bridgehead atoms. The molecule has 0 aromatic rings. The second kappa shape index (κ2) is 4.49. The average molecular weight is 139 g/mol. The van der Waals surface area contributed by atoms with Crippen LogP contribution in [0.25, 0.3) is 0 Å². The van der Waals surface area contributed by atoms with Crippen molar-refractivity contribution in [1.29, 1.82) is 0 Å². The van der Waals surface area contributed by atoms with Crippen molar-refractivity contribution in [2.45, 2.75) is 13.3 Å². The van der Waals surface area contributed by atoms with Gasteiger partial charge in [-0.25, -0.2) is 11.2 Å². The second-order valence-corrected chi connectivity index (χ2v) is 2.49. The van der Waals surface area contributed by atoms with Crippen LogP contribution in [-0.2, 0) is 29.2 Å². The van der Waals surface area contributed by atoms with Gasteiger partial charge in [-0.15, -0.1) is 0 Å². The summed E-state index contributed by atoms with van der Waals surface area (Å²) in [5.41, 5.74) is 0. The molecule has 0 aromatic heterocycles. The molecule has 0 saturated carbocycles. The Hall–Kier alpha value is 0.330. The van der Waals surface area contributed by atoms with Gasteiger partial charge in [0.15, 0.2) is 0 Å². The average Bonchev–Trinajstić information content (AvgIpc) is 1.61. The first-order chi connectivity index (χ1) is 3.27. The van der Waals surface area contributed by atoms with Gasteiger partial charge in [0.05, 0.1) is 0 Å². The van der Waals surface area contributed by atoms with Gasteiger partial charge in [0.1, 0.15) is 0 Å². The quantitative estimate of drug-likeness (QED) is 0.540. The molecule has 0 saturated heterocycles. The smallest absolute Gasteiger partial charge is 0.0254 e. The summed E-state index contributed by atoms with van der Waals surface area (Å²) in [6, 6.07) is 0. The Balaban J connectivity index is 2.98. The first-order valence-electron chi connectivity index (χ1n) is 2.00. The van der Waals surface area contributed by atoms with E-state index in [0.717, 1.165) is 6.42 Å². The standard InChI is InChI=1S/C3H7O2S2/c1-2-3-5-7(4)6/h2-3H2,1H3/q-1. The van der Waals surface area contributed by atoms with Crippen molar-refractivity contribution < 1.29 is 8.39 Å². The molecule has 44 valence electrons. The van der Waals surface area contributed by atoms with Crippen LogP contribution in [0.4, 0.5) is 0 Å². The summed E-state index contributed by atoms with van der Waals surface area (Å²) in [6.45, 7) is 2.43. The van der Waals surface area contributed by atoms with Crippen molar-refractivity contribution in [1.82, 2.24) is 0 Å². The lowest BCUT2D eigenvalue weighted by Crippen LogP contribution is -1.85. The summed E-state index contributed by atoms with van der Waals surface area (Å²) in [5.74, 6) is 0. The summed E-state index contributed by atoms with van der Waals surface area (Å²) in [4.78, 5) is 0. The highest BCUT2D eigenvalue weighted by Gasteiger charge is 1.67. The Morgan fingerprint density at radius 1 is 1.86 bits per heavy atom. The molecular weight excluding hydrogens is 132 g/mol. The predicted octanol–water partition coefficient (Wildman–Crippen LogP) is 0.754. The highest BCUT2D eigenvalue weighted by molar-refractivity contribution is 8.19. The Labute approximate surface area is 49.8 Å². The van der Waals surface area contributed by atoms with Crippen molar-refractivity contribution in [3.8, 4) is 0 Å². The van der Waals surface area contributed by atoms with Gasteiger partial charge >= 0.3 is 0 Å². The van der Waals surface area contributed by atoms with Gasteiger partial charge in [0.25, 0.3) is 0 Å². The molecule has 0 N–H and O–H groups in total. The number of hydrogen-bond donors (Lipinski definition) is 0. The highest BCUT2D eigenvalue weighted by atomic mass is 32.8. The maximum atomic E-state index is 9.91. The minimum Gasteiger partial charge on any atom is -0.444 e. The van der Waals surface area contributed by atoms with Gasteiger partial charge in [0, 0.05) is 6.61 Å². The van der Waals surface area contributed by atoms with Crippen LogP contribution in [0.2, 0.25) is 0 Å². The molecule has 4 heteroatoms. The van der Waals surface area contributed by atoms with Gasteiger partial charge in [-0.05, 0) is 6.42 Å². The van der Waals surface area contributed by atoms with Crippen LogP contribution in [0.1, 0.15) is 13.3 Å². The third-order valence-electron chi connectivity index (χ3n) is 0.384. The summed E-state index contributed by atoms with van der Waals surface area (Å²) in [7, 11) is -1.48. The molecule has 0 aliphatic heterocycles. The number of hydrogen-bond acceptors (Lipinski definition) is 4. The fourth-order valence-electron chi connectivity index (χ4n) is 0.151. The van der Waals surface area contributed by atoms with Crippen molar-refractivity contribution in [3.63, 3.8) is 0 Å². The lowest BCUT2D eigenvalue weighted by Gasteiger charge is -1.98. The molecule has 0 spiro atoms. The maximum Gasteiger partial charge on any atom is 0.0254 e. The fourth-order valence-corrected chi connectivity index (χ4v) is 0.658. The van der Waals surface area contributed by atoms with Crippen LogP contribution in [-0.4, -0.2) is 6.61 Å². The summed E-state index contributed by atoms with van der Waals surface area (Å²) in [6.07, 6.45) is 0.863. The van der Waals surface area contributed by atoms with E-state index in [0.29, 0.717) is 6.61 Å². The van der Waals surface area contributed by atoms with E-state index in [-0.39, 0.29) is 0 Å². The predicted molar refractivity (Wildman–Crippen MR) is 31.7 cm³/mol.